The smallest absolute Gasteiger partial charge is 0.329 e. The summed E-state index contributed by atoms with van der Waals surface area (Å²) in [6, 6.07) is -0.543. The molecule has 1 amide bonds. The lowest BCUT2D eigenvalue weighted by molar-refractivity contribution is -0.161. The van der Waals surface area contributed by atoms with Crippen LogP contribution >= 0.6 is 0 Å². The van der Waals surface area contributed by atoms with Gasteiger partial charge < -0.3 is 10.1 Å². The molecule has 0 saturated carbocycles. The van der Waals surface area contributed by atoms with Gasteiger partial charge in [-0.15, -0.1) is 0 Å². The fraction of sp³-hybridized carbons (Fsp3) is 0.429. The zero-order valence-corrected chi connectivity index (χ0v) is 6.16. The highest BCUT2D eigenvalue weighted by Crippen LogP contribution is 2.04. The minimum absolute atomic E-state index is 0.313. The van der Waals surface area contributed by atoms with Gasteiger partial charge in [-0.3, -0.25) is 4.79 Å². The molecule has 1 N–H and O–H groups in total. The predicted octanol–water partition coefficient (Wildman–Crippen LogP) is -0.398. The topological polar surface area (TPSA) is 55.4 Å². The lowest BCUT2D eigenvalue weighted by atomic mass is 10.2. The van der Waals surface area contributed by atoms with E-state index in [4.69, 9.17) is 4.74 Å². The first-order valence-corrected chi connectivity index (χ1v) is 3.28. The number of carbonyl (C=O) groups is 2. The molecule has 4 heteroatoms. The maximum Gasteiger partial charge on any atom is 0.329 e. The Morgan fingerprint density at radius 2 is 2.27 bits per heavy atom. The number of ether oxygens (including phenoxy) is 1. The van der Waals surface area contributed by atoms with Gasteiger partial charge in [0.05, 0.1) is 0 Å². The van der Waals surface area contributed by atoms with Gasteiger partial charge in [0.2, 0.25) is 0 Å². The van der Waals surface area contributed by atoms with Gasteiger partial charge in [0, 0.05) is 0 Å². The molecule has 1 aliphatic rings. The summed E-state index contributed by atoms with van der Waals surface area (Å²) < 4.78 is 4.69. The fourth-order valence-electron chi connectivity index (χ4n) is 0.790. The van der Waals surface area contributed by atoms with Crippen LogP contribution in [0.2, 0.25) is 0 Å². The fourth-order valence-corrected chi connectivity index (χ4v) is 0.790. The van der Waals surface area contributed by atoms with Gasteiger partial charge in [0.15, 0.2) is 6.10 Å². The molecule has 0 aromatic rings. The van der Waals surface area contributed by atoms with Gasteiger partial charge in [-0.25, -0.2) is 4.79 Å². The minimum atomic E-state index is -0.821. The predicted molar refractivity (Wildman–Crippen MR) is 37.7 cm³/mol. The summed E-state index contributed by atoms with van der Waals surface area (Å²) in [6.45, 7) is 4.93. The van der Waals surface area contributed by atoms with Gasteiger partial charge in [-0.1, -0.05) is 6.58 Å². The molecule has 1 unspecified atom stereocenters. The zero-order valence-electron chi connectivity index (χ0n) is 6.16. The lowest BCUT2D eigenvalue weighted by Gasteiger charge is -2.23. The Morgan fingerprint density at radius 3 is 2.82 bits per heavy atom. The first-order valence-electron chi connectivity index (χ1n) is 3.28. The molecule has 1 rings (SSSR count). The number of carbonyl (C=O) groups excluding carboxylic acids is 2. The maximum atomic E-state index is 10.9. The lowest BCUT2D eigenvalue weighted by Crippen LogP contribution is -2.51. The van der Waals surface area contributed by atoms with Crippen molar-refractivity contribution in [1.82, 2.24) is 5.32 Å². The number of nitrogens with one attached hydrogen (secondary N) is 1. The highest BCUT2D eigenvalue weighted by molar-refractivity contribution is 5.93. The normalized spacial score (nSPS) is 30.6. The summed E-state index contributed by atoms with van der Waals surface area (Å²) in [5, 5.41) is 2.45. The number of hydrogen-bond acceptors (Lipinski definition) is 3. The summed E-state index contributed by atoms with van der Waals surface area (Å²) in [7, 11) is 0. The summed E-state index contributed by atoms with van der Waals surface area (Å²) in [5.41, 5.74) is 0. The third kappa shape index (κ3) is 1.39. The third-order valence-electron chi connectivity index (χ3n) is 1.43. The Bertz CT molecular complexity index is 212. The molecule has 1 fully saturated rings. The summed E-state index contributed by atoms with van der Waals surface area (Å²) in [4.78, 5) is 21.7. The second-order valence-corrected chi connectivity index (χ2v) is 2.32. The molecule has 1 saturated heterocycles. The summed E-state index contributed by atoms with van der Waals surface area (Å²) in [5.74, 6) is -0.735. The van der Waals surface area contributed by atoms with Gasteiger partial charge >= 0.3 is 5.97 Å². The molecule has 0 aromatic heterocycles. The molecular weight excluding hydrogens is 146 g/mol. The maximum absolute atomic E-state index is 10.9. The number of morpholine rings is 1. The van der Waals surface area contributed by atoms with Crippen molar-refractivity contribution < 1.29 is 14.3 Å². The number of rotatable bonds is 1. The molecule has 0 bridgehead atoms. The number of esters is 1. The van der Waals surface area contributed by atoms with Crippen LogP contribution in [0.5, 0.6) is 0 Å². The van der Waals surface area contributed by atoms with Crippen LogP contribution in [0.1, 0.15) is 6.92 Å². The molecule has 2 atom stereocenters. The standard InChI is InChI=1S/C7H9NO3/c1-3-5-6(9)8-4(2)7(10)11-5/h3-5H,1H2,2H3,(H,8,9)/t4-,5?/m0/s1. The molecule has 1 heterocycles. The van der Waals surface area contributed by atoms with Crippen LogP contribution in [0.4, 0.5) is 0 Å². The van der Waals surface area contributed by atoms with E-state index in [1.54, 1.807) is 6.92 Å². The van der Waals surface area contributed by atoms with E-state index in [0.29, 0.717) is 0 Å². The molecule has 11 heavy (non-hydrogen) atoms. The van der Waals surface area contributed by atoms with Crippen LogP contribution in [0.25, 0.3) is 0 Å². The van der Waals surface area contributed by atoms with Gasteiger partial charge in [0.1, 0.15) is 6.04 Å². The van der Waals surface area contributed by atoms with Crippen molar-refractivity contribution in [2.75, 3.05) is 0 Å². The van der Waals surface area contributed by atoms with Crippen LogP contribution in [0.15, 0.2) is 12.7 Å². The SMILES string of the molecule is C=CC1OC(=O)[C@H](C)NC1=O. The highest BCUT2D eigenvalue weighted by atomic mass is 16.6. The minimum Gasteiger partial charge on any atom is -0.446 e. The molecule has 0 radical (unpaired) electrons. The van der Waals surface area contributed by atoms with E-state index in [0.717, 1.165) is 0 Å². The van der Waals surface area contributed by atoms with Gasteiger partial charge in [0.25, 0.3) is 5.91 Å². The Labute approximate surface area is 64.2 Å². The Kier molecular flexibility index (Phi) is 1.94. The van der Waals surface area contributed by atoms with Crippen molar-refractivity contribution >= 4 is 11.9 Å². The number of amides is 1. The average Bonchev–Trinajstić information content (AvgIpc) is 1.97. The number of hydrogen-bond donors (Lipinski definition) is 1. The quantitative estimate of drug-likeness (QED) is 0.414. The van der Waals surface area contributed by atoms with Gasteiger partial charge in [-0.2, -0.15) is 0 Å². The highest BCUT2D eigenvalue weighted by Gasteiger charge is 2.30. The van der Waals surface area contributed by atoms with Gasteiger partial charge in [-0.05, 0) is 13.0 Å². The van der Waals surface area contributed by atoms with E-state index in [9.17, 15) is 9.59 Å². The molecule has 4 nitrogen and oxygen atoms in total. The van der Waals surface area contributed by atoms with Crippen molar-refractivity contribution in [3.63, 3.8) is 0 Å². The van der Waals surface area contributed by atoms with Crippen molar-refractivity contribution in [3.05, 3.63) is 12.7 Å². The average molecular weight is 155 g/mol. The van der Waals surface area contributed by atoms with Crippen molar-refractivity contribution in [1.29, 1.82) is 0 Å². The third-order valence-corrected chi connectivity index (χ3v) is 1.43. The van der Waals surface area contributed by atoms with Crippen LogP contribution in [-0.2, 0) is 14.3 Å². The largest absolute Gasteiger partial charge is 0.446 e. The van der Waals surface area contributed by atoms with E-state index >= 15 is 0 Å². The molecule has 1 aliphatic heterocycles. The van der Waals surface area contributed by atoms with Crippen molar-refractivity contribution in [2.24, 2.45) is 0 Å². The van der Waals surface area contributed by atoms with Crippen LogP contribution < -0.4 is 5.32 Å². The van der Waals surface area contributed by atoms with Crippen LogP contribution in [0.3, 0.4) is 0 Å². The van der Waals surface area contributed by atoms with Crippen molar-refractivity contribution in [2.45, 2.75) is 19.1 Å². The molecule has 60 valence electrons. The summed E-state index contributed by atoms with van der Waals surface area (Å²) in [6.07, 6.45) is 0.470. The second kappa shape index (κ2) is 2.74. The first kappa shape index (κ1) is 7.78. The van der Waals surface area contributed by atoms with E-state index in [1.807, 2.05) is 0 Å². The Balaban J connectivity index is 2.69. The zero-order chi connectivity index (χ0) is 8.43. The molecular formula is C7H9NO3. The van der Waals surface area contributed by atoms with Crippen LogP contribution in [0, 0.1) is 0 Å². The monoisotopic (exact) mass is 155 g/mol. The Morgan fingerprint density at radius 1 is 1.64 bits per heavy atom. The molecule has 0 aromatic carbocycles. The second-order valence-electron chi connectivity index (χ2n) is 2.32. The van der Waals surface area contributed by atoms with E-state index < -0.39 is 18.1 Å². The summed E-state index contributed by atoms with van der Waals surface area (Å²) >= 11 is 0. The van der Waals surface area contributed by atoms with Crippen molar-refractivity contribution in [3.8, 4) is 0 Å². The first-order chi connectivity index (χ1) is 5.15. The Hall–Kier alpha value is -1.32. The van der Waals surface area contributed by atoms with Crippen LogP contribution in [-0.4, -0.2) is 24.0 Å². The molecule has 0 spiro atoms. The number of cyclic esters (lactones) is 1. The van der Waals surface area contributed by atoms with E-state index in [2.05, 4.69) is 11.9 Å². The van der Waals surface area contributed by atoms with E-state index in [1.165, 1.54) is 6.08 Å². The molecule has 0 aliphatic carbocycles. The van der Waals surface area contributed by atoms with E-state index in [-0.39, 0.29) is 5.91 Å².